The van der Waals surface area contributed by atoms with Gasteiger partial charge in [-0.2, -0.15) is 0 Å². The molecule has 2 rings (SSSR count). The zero-order valence-corrected chi connectivity index (χ0v) is 13.1. The van der Waals surface area contributed by atoms with Crippen molar-refractivity contribution in [1.29, 1.82) is 0 Å². The molecule has 1 aliphatic heterocycles. The van der Waals surface area contributed by atoms with Crippen LogP contribution in [0.25, 0.3) is 0 Å². The van der Waals surface area contributed by atoms with Gasteiger partial charge in [0, 0.05) is 19.1 Å². The number of hydrogen-bond acceptors (Lipinski definition) is 3. The Morgan fingerprint density at radius 1 is 1.38 bits per heavy atom. The second-order valence-corrected chi connectivity index (χ2v) is 6.08. The van der Waals surface area contributed by atoms with Crippen molar-refractivity contribution in [3.63, 3.8) is 0 Å². The number of nitrogens with one attached hydrogen (secondary N) is 1. The molecule has 1 aromatic carbocycles. The first kappa shape index (κ1) is 16.2. The summed E-state index contributed by atoms with van der Waals surface area (Å²) in [6.45, 7) is 9.12. The highest BCUT2D eigenvalue weighted by atomic mass is 19.1. The summed E-state index contributed by atoms with van der Waals surface area (Å²) < 4.78 is 19.1. The van der Waals surface area contributed by atoms with Crippen LogP contribution in [0.15, 0.2) is 24.3 Å². The summed E-state index contributed by atoms with van der Waals surface area (Å²) in [5, 5.41) is 3.46. The van der Waals surface area contributed by atoms with Crippen LogP contribution < -0.4 is 10.1 Å². The first-order valence-corrected chi connectivity index (χ1v) is 7.99. The van der Waals surface area contributed by atoms with Gasteiger partial charge >= 0.3 is 0 Å². The summed E-state index contributed by atoms with van der Waals surface area (Å²) in [5.41, 5.74) is 0. The van der Waals surface area contributed by atoms with E-state index in [1.54, 1.807) is 18.2 Å². The number of hydrogen-bond donors (Lipinski definition) is 1. The standard InChI is InChI=1S/C17H27FN2O/c1-14(2)20(13-15-6-5-9-19-12-15)10-11-21-17-8-4-3-7-16(17)18/h3-4,7-8,14-15,19H,5-6,9-13H2,1-2H3. The zero-order valence-electron chi connectivity index (χ0n) is 13.1. The second-order valence-electron chi connectivity index (χ2n) is 6.08. The van der Waals surface area contributed by atoms with Gasteiger partial charge in [-0.3, -0.25) is 4.90 Å². The predicted octanol–water partition coefficient (Wildman–Crippen LogP) is 2.91. The monoisotopic (exact) mass is 294 g/mol. The van der Waals surface area contributed by atoms with E-state index in [1.165, 1.54) is 18.9 Å². The van der Waals surface area contributed by atoms with Crippen molar-refractivity contribution in [2.75, 3.05) is 32.8 Å². The minimum absolute atomic E-state index is 0.287. The highest BCUT2D eigenvalue weighted by Gasteiger charge is 2.18. The molecule has 1 heterocycles. The van der Waals surface area contributed by atoms with Gasteiger partial charge in [0.25, 0.3) is 0 Å². The number of para-hydroxylation sites is 1. The van der Waals surface area contributed by atoms with E-state index in [1.807, 2.05) is 0 Å². The van der Waals surface area contributed by atoms with Crippen molar-refractivity contribution >= 4 is 0 Å². The van der Waals surface area contributed by atoms with Crippen molar-refractivity contribution in [3.8, 4) is 5.75 Å². The van der Waals surface area contributed by atoms with Gasteiger partial charge in [-0.05, 0) is 57.8 Å². The summed E-state index contributed by atoms with van der Waals surface area (Å²) in [6, 6.07) is 7.07. The Hall–Kier alpha value is -1.13. The molecule has 1 atom stereocenters. The van der Waals surface area contributed by atoms with Gasteiger partial charge < -0.3 is 10.1 Å². The zero-order chi connectivity index (χ0) is 15.1. The number of benzene rings is 1. The van der Waals surface area contributed by atoms with Gasteiger partial charge in [0.05, 0.1) is 0 Å². The molecular weight excluding hydrogens is 267 g/mol. The summed E-state index contributed by atoms with van der Waals surface area (Å²) in [5.74, 6) is 0.778. The molecule has 0 aliphatic carbocycles. The van der Waals surface area contributed by atoms with Crippen LogP contribution in [0.5, 0.6) is 5.75 Å². The maximum Gasteiger partial charge on any atom is 0.165 e. The van der Waals surface area contributed by atoms with Crippen molar-refractivity contribution in [1.82, 2.24) is 10.2 Å². The van der Waals surface area contributed by atoms with Gasteiger partial charge in [-0.25, -0.2) is 4.39 Å². The van der Waals surface area contributed by atoms with E-state index in [2.05, 4.69) is 24.1 Å². The van der Waals surface area contributed by atoms with Crippen LogP contribution in [0.2, 0.25) is 0 Å². The Morgan fingerprint density at radius 2 is 2.19 bits per heavy atom. The molecule has 0 amide bonds. The molecule has 1 aliphatic rings. The third-order valence-corrected chi connectivity index (χ3v) is 4.09. The molecule has 0 saturated carbocycles. The molecule has 4 heteroatoms. The lowest BCUT2D eigenvalue weighted by Gasteiger charge is -2.32. The average molecular weight is 294 g/mol. The molecule has 0 bridgehead atoms. The minimum Gasteiger partial charge on any atom is -0.489 e. The molecule has 1 unspecified atom stereocenters. The topological polar surface area (TPSA) is 24.5 Å². The fraction of sp³-hybridized carbons (Fsp3) is 0.647. The summed E-state index contributed by atoms with van der Waals surface area (Å²) >= 11 is 0. The van der Waals surface area contributed by atoms with Gasteiger partial charge in [0.2, 0.25) is 0 Å². The molecule has 3 nitrogen and oxygen atoms in total. The van der Waals surface area contributed by atoms with Gasteiger partial charge in [-0.1, -0.05) is 12.1 Å². The minimum atomic E-state index is -0.287. The fourth-order valence-electron chi connectivity index (χ4n) is 2.81. The van der Waals surface area contributed by atoms with E-state index in [4.69, 9.17) is 4.74 Å². The van der Waals surface area contributed by atoms with Crippen molar-refractivity contribution in [2.45, 2.75) is 32.7 Å². The van der Waals surface area contributed by atoms with Crippen molar-refractivity contribution in [3.05, 3.63) is 30.1 Å². The Kier molecular flexibility index (Phi) is 6.46. The highest BCUT2D eigenvalue weighted by Crippen LogP contribution is 2.16. The van der Waals surface area contributed by atoms with Crippen LogP contribution >= 0.6 is 0 Å². The number of nitrogens with zero attached hydrogens (tertiary/aromatic N) is 1. The smallest absolute Gasteiger partial charge is 0.165 e. The molecule has 1 N–H and O–H groups in total. The molecule has 0 aromatic heterocycles. The van der Waals surface area contributed by atoms with Gasteiger partial charge in [0.1, 0.15) is 6.61 Å². The Labute approximate surface area is 127 Å². The largest absolute Gasteiger partial charge is 0.489 e. The van der Waals surface area contributed by atoms with Crippen molar-refractivity contribution in [2.24, 2.45) is 5.92 Å². The first-order chi connectivity index (χ1) is 10.2. The number of halogens is 1. The molecule has 1 saturated heterocycles. The van der Waals surface area contributed by atoms with Crippen LogP contribution in [-0.2, 0) is 0 Å². The summed E-state index contributed by atoms with van der Waals surface area (Å²) in [6.07, 6.45) is 2.56. The van der Waals surface area contributed by atoms with E-state index < -0.39 is 0 Å². The average Bonchev–Trinajstić information content (AvgIpc) is 2.49. The molecule has 0 spiro atoms. The lowest BCUT2D eigenvalue weighted by Crippen LogP contribution is -2.42. The van der Waals surface area contributed by atoms with Gasteiger partial charge in [0.15, 0.2) is 11.6 Å². The number of piperidine rings is 1. The number of ether oxygens (including phenoxy) is 1. The predicted molar refractivity (Wildman–Crippen MR) is 84.2 cm³/mol. The van der Waals surface area contributed by atoms with Crippen LogP contribution in [0, 0.1) is 11.7 Å². The third-order valence-electron chi connectivity index (χ3n) is 4.09. The third kappa shape index (κ3) is 5.29. The molecular formula is C17H27FN2O. The number of rotatable bonds is 7. The fourth-order valence-corrected chi connectivity index (χ4v) is 2.81. The van der Waals surface area contributed by atoms with E-state index in [9.17, 15) is 4.39 Å². The molecule has 1 fully saturated rings. The van der Waals surface area contributed by atoms with E-state index >= 15 is 0 Å². The van der Waals surface area contributed by atoms with Crippen LogP contribution in [-0.4, -0.2) is 43.7 Å². The van der Waals surface area contributed by atoms with Gasteiger partial charge in [-0.15, -0.1) is 0 Å². The van der Waals surface area contributed by atoms with E-state index in [0.717, 1.165) is 32.1 Å². The highest BCUT2D eigenvalue weighted by molar-refractivity contribution is 5.23. The molecule has 0 radical (unpaired) electrons. The van der Waals surface area contributed by atoms with E-state index in [-0.39, 0.29) is 5.82 Å². The molecule has 21 heavy (non-hydrogen) atoms. The maximum atomic E-state index is 13.5. The molecule has 1 aromatic rings. The van der Waals surface area contributed by atoms with Crippen molar-refractivity contribution < 1.29 is 9.13 Å². The normalized spacial score (nSPS) is 19.2. The summed E-state index contributed by atoms with van der Waals surface area (Å²) in [4.78, 5) is 2.43. The summed E-state index contributed by atoms with van der Waals surface area (Å²) in [7, 11) is 0. The SMILES string of the molecule is CC(C)N(CCOc1ccccc1F)CC1CCCNC1. The van der Waals surface area contributed by atoms with Crippen LogP contribution in [0.4, 0.5) is 4.39 Å². The van der Waals surface area contributed by atoms with Crippen LogP contribution in [0.3, 0.4) is 0 Å². The van der Waals surface area contributed by atoms with Crippen LogP contribution in [0.1, 0.15) is 26.7 Å². The molecule has 118 valence electrons. The quantitative estimate of drug-likeness (QED) is 0.837. The second kappa shape index (κ2) is 8.35. The van der Waals surface area contributed by atoms with E-state index in [0.29, 0.717) is 18.4 Å². The maximum absolute atomic E-state index is 13.5. The Morgan fingerprint density at radius 3 is 2.86 bits per heavy atom. The Bertz CT molecular complexity index is 419. The lowest BCUT2D eigenvalue weighted by molar-refractivity contribution is 0.141. The lowest BCUT2D eigenvalue weighted by atomic mass is 9.98. The Balaban J connectivity index is 1.78. The first-order valence-electron chi connectivity index (χ1n) is 7.99.